The standard InChI is InChI=1S/C48H36N2/c1-5-15-37(16-6-1)39-27-31-45(32-28-39)49(43-21-9-3-10-22-43)47-25-13-19-41(35-47)42-20-14-26-48(36-42)50(44-23-11-4-12-24-44)46-33-29-40(30-34-46)38-17-7-2-8-18-38/h1-36H. The first-order valence-corrected chi connectivity index (χ1v) is 17.0. The molecule has 50 heavy (non-hydrogen) atoms. The maximum Gasteiger partial charge on any atom is 0.0467 e. The third-order valence-corrected chi connectivity index (χ3v) is 9.04. The molecule has 8 aromatic carbocycles. The van der Waals surface area contributed by atoms with Gasteiger partial charge in [-0.25, -0.2) is 0 Å². The maximum absolute atomic E-state index is 2.33. The second-order valence-electron chi connectivity index (χ2n) is 12.3. The van der Waals surface area contributed by atoms with Gasteiger partial charge in [-0.05, 0) is 106 Å². The molecule has 0 aliphatic rings. The van der Waals surface area contributed by atoms with Crippen LogP contribution in [0.1, 0.15) is 0 Å². The molecular weight excluding hydrogens is 605 g/mol. The normalized spacial score (nSPS) is 10.8. The van der Waals surface area contributed by atoms with Crippen molar-refractivity contribution < 1.29 is 0 Å². The van der Waals surface area contributed by atoms with Gasteiger partial charge in [0, 0.05) is 34.1 Å². The summed E-state index contributed by atoms with van der Waals surface area (Å²) in [5.74, 6) is 0. The molecule has 0 unspecified atom stereocenters. The van der Waals surface area contributed by atoms with Crippen molar-refractivity contribution in [3.63, 3.8) is 0 Å². The Morgan fingerprint density at radius 1 is 0.180 bits per heavy atom. The van der Waals surface area contributed by atoms with Gasteiger partial charge in [0.15, 0.2) is 0 Å². The molecule has 0 saturated carbocycles. The van der Waals surface area contributed by atoms with Gasteiger partial charge < -0.3 is 9.80 Å². The van der Waals surface area contributed by atoms with Crippen molar-refractivity contribution in [1.82, 2.24) is 0 Å². The molecule has 0 radical (unpaired) electrons. The molecule has 8 rings (SSSR count). The van der Waals surface area contributed by atoms with Crippen LogP contribution in [0.15, 0.2) is 218 Å². The van der Waals surface area contributed by atoms with E-state index in [-0.39, 0.29) is 0 Å². The topological polar surface area (TPSA) is 6.48 Å². The van der Waals surface area contributed by atoms with Crippen molar-refractivity contribution in [3.8, 4) is 33.4 Å². The summed E-state index contributed by atoms with van der Waals surface area (Å²) in [6.45, 7) is 0. The molecule has 0 spiro atoms. The van der Waals surface area contributed by atoms with Crippen LogP contribution in [0.4, 0.5) is 34.1 Å². The highest BCUT2D eigenvalue weighted by molar-refractivity contribution is 5.84. The molecule has 0 aliphatic heterocycles. The molecule has 2 nitrogen and oxygen atoms in total. The summed E-state index contributed by atoms with van der Waals surface area (Å²) in [7, 11) is 0. The fourth-order valence-corrected chi connectivity index (χ4v) is 6.56. The first kappa shape index (κ1) is 30.7. The molecule has 0 heterocycles. The minimum Gasteiger partial charge on any atom is -0.310 e. The van der Waals surface area contributed by atoms with E-state index in [1.807, 2.05) is 0 Å². The van der Waals surface area contributed by atoms with Gasteiger partial charge in [0.25, 0.3) is 0 Å². The van der Waals surface area contributed by atoms with E-state index in [1.165, 1.54) is 22.3 Å². The zero-order valence-electron chi connectivity index (χ0n) is 27.7. The van der Waals surface area contributed by atoms with Crippen LogP contribution >= 0.6 is 0 Å². The Morgan fingerprint density at radius 2 is 0.440 bits per heavy atom. The van der Waals surface area contributed by atoms with E-state index in [9.17, 15) is 0 Å². The van der Waals surface area contributed by atoms with E-state index in [0.717, 1.165) is 45.3 Å². The van der Waals surface area contributed by atoms with E-state index in [0.29, 0.717) is 0 Å². The van der Waals surface area contributed by atoms with Crippen molar-refractivity contribution >= 4 is 34.1 Å². The van der Waals surface area contributed by atoms with E-state index >= 15 is 0 Å². The van der Waals surface area contributed by atoms with E-state index in [1.54, 1.807) is 0 Å². The molecule has 0 aromatic heterocycles. The lowest BCUT2D eigenvalue weighted by atomic mass is 10.0. The molecule has 8 aromatic rings. The monoisotopic (exact) mass is 640 g/mol. The Morgan fingerprint density at radius 3 is 0.800 bits per heavy atom. The quantitative estimate of drug-likeness (QED) is 0.155. The number of benzene rings is 8. The molecule has 238 valence electrons. The molecule has 0 aliphatic carbocycles. The van der Waals surface area contributed by atoms with Crippen LogP contribution < -0.4 is 9.80 Å². The number of hydrogen-bond donors (Lipinski definition) is 0. The van der Waals surface area contributed by atoms with Gasteiger partial charge in [-0.1, -0.05) is 146 Å². The van der Waals surface area contributed by atoms with Crippen LogP contribution in [0.2, 0.25) is 0 Å². The van der Waals surface area contributed by atoms with Crippen LogP contribution in [0.5, 0.6) is 0 Å². The molecule has 0 amide bonds. The number of hydrogen-bond acceptors (Lipinski definition) is 2. The first-order valence-electron chi connectivity index (χ1n) is 17.0. The van der Waals surface area contributed by atoms with Crippen LogP contribution in [0.25, 0.3) is 33.4 Å². The molecule has 0 fully saturated rings. The predicted octanol–water partition coefficient (Wildman–Crippen LogP) is 13.6. The van der Waals surface area contributed by atoms with E-state index in [4.69, 9.17) is 0 Å². The average Bonchev–Trinajstić information content (AvgIpc) is 3.20. The van der Waals surface area contributed by atoms with Crippen molar-refractivity contribution in [3.05, 3.63) is 218 Å². The molecular formula is C48H36N2. The SMILES string of the molecule is c1ccc(-c2ccc(N(c3ccccc3)c3cccc(-c4cccc(N(c5ccccc5)c5ccc(-c6ccccc6)cc5)c4)c3)cc2)cc1. The lowest BCUT2D eigenvalue weighted by Crippen LogP contribution is -2.10. The zero-order valence-corrected chi connectivity index (χ0v) is 27.7. The smallest absolute Gasteiger partial charge is 0.0467 e. The number of nitrogens with zero attached hydrogens (tertiary/aromatic N) is 2. The highest BCUT2D eigenvalue weighted by Crippen LogP contribution is 2.40. The minimum absolute atomic E-state index is 1.10. The fraction of sp³-hybridized carbons (Fsp3) is 0. The van der Waals surface area contributed by atoms with Crippen molar-refractivity contribution in [2.24, 2.45) is 0 Å². The van der Waals surface area contributed by atoms with Crippen LogP contribution in [-0.2, 0) is 0 Å². The summed E-state index contributed by atoms with van der Waals surface area (Å²) >= 11 is 0. The molecule has 2 heteroatoms. The summed E-state index contributed by atoms with van der Waals surface area (Å²) in [4.78, 5) is 4.65. The lowest BCUT2D eigenvalue weighted by molar-refractivity contribution is 1.28. The van der Waals surface area contributed by atoms with Gasteiger partial charge in [-0.15, -0.1) is 0 Å². The van der Waals surface area contributed by atoms with Gasteiger partial charge >= 0.3 is 0 Å². The van der Waals surface area contributed by atoms with Crippen molar-refractivity contribution in [1.29, 1.82) is 0 Å². The number of para-hydroxylation sites is 2. The van der Waals surface area contributed by atoms with Crippen LogP contribution in [0, 0.1) is 0 Å². The largest absolute Gasteiger partial charge is 0.310 e. The fourth-order valence-electron chi connectivity index (χ4n) is 6.56. The van der Waals surface area contributed by atoms with Crippen LogP contribution in [0.3, 0.4) is 0 Å². The van der Waals surface area contributed by atoms with Crippen molar-refractivity contribution in [2.75, 3.05) is 9.80 Å². The van der Waals surface area contributed by atoms with Gasteiger partial charge in [0.1, 0.15) is 0 Å². The summed E-state index contributed by atoms with van der Waals surface area (Å²) in [5, 5.41) is 0. The zero-order chi connectivity index (χ0) is 33.5. The Bertz CT molecular complexity index is 2110. The van der Waals surface area contributed by atoms with Gasteiger partial charge in [-0.2, -0.15) is 0 Å². The average molecular weight is 641 g/mol. The maximum atomic E-state index is 2.33. The molecule has 0 saturated heterocycles. The molecule has 0 bridgehead atoms. The third kappa shape index (κ3) is 6.56. The van der Waals surface area contributed by atoms with E-state index in [2.05, 4.69) is 228 Å². The highest BCUT2D eigenvalue weighted by Gasteiger charge is 2.16. The molecule has 0 atom stereocenters. The second-order valence-corrected chi connectivity index (χ2v) is 12.3. The van der Waals surface area contributed by atoms with Crippen molar-refractivity contribution in [2.45, 2.75) is 0 Å². The highest BCUT2D eigenvalue weighted by atomic mass is 15.1. The van der Waals surface area contributed by atoms with Gasteiger partial charge in [-0.3, -0.25) is 0 Å². The van der Waals surface area contributed by atoms with Gasteiger partial charge in [0.05, 0.1) is 0 Å². The second kappa shape index (κ2) is 14.2. The first-order chi connectivity index (χ1) is 24.8. The minimum atomic E-state index is 1.10. The van der Waals surface area contributed by atoms with Crippen LogP contribution in [-0.4, -0.2) is 0 Å². The number of anilines is 6. The third-order valence-electron chi connectivity index (χ3n) is 9.04. The van der Waals surface area contributed by atoms with E-state index < -0.39 is 0 Å². The predicted molar refractivity (Wildman–Crippen MR) is 212 cm³/mol. The summed E-state index contributed by atoms with van der Waals surface area (Å²) in [5.41, 5.74) is 13.8. The lowest BCUT2D eigenvalue weighted by Gasteiger charge is -2.27. The Kier molecular flexibility index (Phi) is 8.73. The van der Waals surface area contributed by atoms with Gasteiger partial charge in [0.2, 0.25) is 0 Å². The Hall–Kier alpha value is -6.64. The summed E-state index contributed by atoms with van der Waals surface area (Å²) < 4.78 is 0. The molecule has 0 N–H and O–H groups in total. The summed E-state index contributed by atoms with van der Waals surface area (Å²) in [6, 6.07) is 77.6. The number of rotatable bonds is 9. The Balaban J connectivity index is 1.16. The Labute approximate surface area is 294 Å². The summed E-state index contributed by atoms with van der Waals surface area (Å²) in [6.07, 6.45) is 0.